The molecule has 142 valence electrons. The van der Waals surface area contributed by atoms with Crippen LogP contribution in [0.5, 0.6) is 5.75 Å². The fraction of sp³-hybridized carbons (Fsp3) is 0.391. The van der Waals surface area contributed by atoms with Crippen LogP contribution in [0.2, 0.25) is 0 Å². The van der Waals surface area contributed by atoms with Gasteiger partial charge >= 0.3 is 5.97 Å². The first-order valence-electron chi connectivity index (χ1n) is 9.37. The smallest absolute Gasteiger partial charge is 0.365 e. The number of oxime groups is 1. The van der Waals surface area contributed by atoms with E-state index in [9.17, 15) is 4.79 Å². The molecule has 0 amide bonds. The molecule has 0 N–H and O–H groups in total. The fourth-order valence-electron chi connectivity index (χ4n) is 3.47. The van der Waals surface area contributed by atoms with Gasteiger partial charge in [0.15, 0.2) is 0 Å². The highest BCUT2D eigenvalue weighted by atomic mass is 16.7. The third-order valence-corrected chi connectivity index (χ3v) is 5.15. The SMILES string of the molecule is COc1ccc2c(c1C)CCC/C2=N/OC(=O)c1ccc(C(C)(C)C)cc1. The summed E-state index contributed by atoms with van der Waals surface area (Å²) in [4.78, 5) is 17.6. The van der Waals surface area contributed by atoms with Gasteiger partial charge in [0.1, 0.15) is 5.75 Å². The van der Waals surface area contributed by atoms with Crippen molar-refractivity contribution < 1.29 is 14.4 Å². The van der Waals surface area contributed by atoms with Gasteiger partial charge in [0.2, 0.25) is 0 Å². The molecule has 0 saturated heterocycles. The number of methoxy groups -OCH3 is 1. The lowest BCUT2D eigenvalue weighted by molar-refractivity contribution is 0.0515. The molecule has 1 aliphatic rings. The molecule has 0 saturated carbocycles. The van der Waals surface area contributed by atoms with Gasteiger partial charge in [-0.2, -0.15) is 0 Å². The molecule has 0 aliphatic heterocycles. The van der Waals surface area contributed by atoms with Gasteiger partial charge in [-0.1, -0.05) is 38.1 Å². The van der Waals surface area contributed by atoms with Gasteiger partial charge < -0.3 is 9.57 Å². The largest absolute Gasteiger partial charge is 0.496 e. The molecule has 4 heteroatoms. The predicted molar refractivity (Wildman–Crippen MR) is 108 cm³/mol. The van der Waals surface area contributed by atoms with Gasteiger partial charge in [0.05, 0.1) is 18.4 Å². The topological polar surface area (TPSA) is 47.9 Å². The highest BCUT2D eigenvalue weighted by Crippen LogP contribution is 2.31. The quantitative estimate of drug-likeness (QED) is 0.555. The van der Waals surface area contributed by atoms with Crippen LogP contribution in [-0.4, -0.2) is 18.8 Å². The second kappa shape index (κ2) is 7.55. The summed E-state index contributed by atoms with van der Waals surface area (Å²) in [7, 11) is 1.68. The Kier molecular flexibility index (Phi) is 5.36. The molecule has 0 fully saturated rings. The number of carbonyl (C=O) groups is 1. The highest BCUT2D eigenvalue weighted by molar-refractivity contribution is 6.03. The predicted octanol–water partition coefficient (Wildman–Crippen LogP) is 5.20. The van der Waals surface area contributed by atoms with Crippen molar-refractivity contribution in [3.8, 4) is 5.75 Å². The molecule has 27 heavy (non-hydrogen) atoms. The van der Waals surface area contributed by atoms with E-state index in [4.69, 9.17) is 9.57 Å². The first-order chi connectivity index (χ1) is 12.8. The Hall–Kier alpha value is -2.62. The summed E-state index contributed by atoms with van der Waals surface area (Å²) in [5, 5.41) is 4.19. The van der Waals surface area contributed by atoms with Crippen molar-refractivity contribution in [2.75, 3.05) is 7.11 Å². The average molecular weight is 365 g/mol. The van der Waals surface area contributed by atoms with Crippen LogP contribution in [0.25, 0.3) is 0 Å². The van der Waals surface area contributed by atoms with E-state index in [0.717, 1.165) is 41.9 Å². The molecule has 1 aliphatic carbocycles. The minimum Gasteiger partial charge on any atom is -0.496 e. The molecule has 0 spiro atoms. The molecule has 0 atom stereocenters. The molecular formula is C23H27NO3. The maximum absolute atomic E-state index is 12.4. The number of benzene rings is 2. The molecule has 0 radical (unpaired) electrons. The first-order valence-corrected chi connectivity index (χ1v) is 9.37. The summed E-state index contributed by atoms with van der Waals surface area (Å²) in [6, 6.07) is 11.5. The van der Waals surface area contributed by atoms with Crippen molar-refractivity contribution >= 4 is 11.7 Å². The number of hydrogen-bond donors (Lipinski definition) is 0. The molecular weight excluding hydrogens is 338 g/mol. The van der Waals surface area contributed by atoms with E-state index in [-0.39, 0.29) is 5.41 Å². The first kappa shape index (κ1) is 19.2. The number of carbonyl (C=O) groups excluding carboxylic acids is 1. The van der Waals surface area contributed by atoms with Crippen LogP contribution in [0, 0.1) is 6.92 Å². The van der Waals surface area contributed by atoms with Crippen LogP contribution < -0.4 is 4.74 Å². The standard InChI is InChI=1S/C23H27NO3/c1-15-18-7-6-8-20(19(18)13-14-21(15)26-5)24-27-22(25)16-9-11-17(12-10-16)23(2,3)4/h9-14H,6-8H2,1-5H3/b24-20-. The summed E-state index contributed by atoms with van der Waals surface area (Å²) in [6.07, 6.45) is 2.77. The van der Waals surface area contributed by atoms with Crippen LogP contribution in [0.1, 0.15) is 66.2 Å². The van der Waals surface area contributed by atoms with Crippen molar-refractivity contribution in [2.45, 2.75) is 52.4 Å². The second-order valence-corrected chi connectivity index (χ2v) is 8.02. The third-order valence-electron chi connectivity index (χ3n) is 5.15. The Morgan fingerprint density at radius 1 is 1.04 bits per heavy atom. The number of hydrogen-bond acceptors (Lipinski definition) is 4. The van der Waals surface area contributed by atoms with Crippen LogP contribution in [0.4, 0.5) is 0 Å². The highest BCUT2D eigenvalue weighted by Gasteiger charge is 2.21. The Bertz CT molecular complexity index is 874. The summed E-state index contributed by atoms with van der Waals surface area (Å²) >= 11 is 0. The molecule has 4 nitrogen and oxygen atoms in total. The molecule has 0 bridgehead atoms. The molecule has 0 unspecified atom stereocenters. The number of rotatable bonds is 3. The maximum atomic E-state index is 12.4. The van der Waals surface area contributed by atoms with Crippen molar-refractivity contribution in [2.24, 2.45) is 5.16 Å². The fourth-order valence-corrected chi connectivity index (χ4v) is 3.47. The Balaban J connectivity index is 1.79. The van der Waals surface area contributed by atoms with E-state index < -0.39 is 5.97 Å². The minimum absolute atomic E-state index is 0.0490. The van der Waals surface area contributed by atoms with E-state index in [1.54, 1.807) is 19.2 Å². The zero-order valence-corrected chi connectivity index (χ0v) is 16.8. The average Bonchev–Trinajstić information content (AvgIpc) is 2.66. The number of ether oxygens (including phenoxy) is 1. The molecule has 2 aromatic rings. The molecule has 0 aromatic heterocycles. The lowest BCUT2D eigenvalue weighted by atomic mass is 9.87. The Morgan fingerprint density at radius 3 is 2.37 bits per heavy atom. The van der Waals surface area contributed by atoms with Crippen LogP contribution in [0.15, 0.2) is 41.6 Å². The number of fused-ring (bicyclic) bond motifs is 1. The van der Waals surface area contributed by atoms with E-state index in [1.165, 1.54) is 11.1 Å². The van der Waals surface area contributed by atoms with Crippen molar-refractivity contribution in [1.82, 2.24) is 0 Å². The summed E-state index contributed by atoms with van der Waals surface area (Å²) in [5.74, 6) is 0.450. The van der Waals surface area contributed by atoms with Crippen molar-refractivity contribution in [3.63, 3.8) is 0 Å². The second-order valence-electron chi connectivity index (χ2n) is 8.02. The molecule has 3 rings (SSSR count). The van der Waals surface area contributed by atoms with Gasteiger partial charge in [-0.3, -0.25) is 0 Å². The van der Waals surface area contributed by atoms with Gasteiger partial charge in [-0.05, 0) is 72.6 Å². The maximum Gasteiger partial charge on any atom is 0.365 e. The van der Waals surface area contributed by atoms with Crippen molar-refractivity contribution in [3.05, 3.63) is 64.2 Å². The van der Waals surface area contributed by atoms with E-state index >= 15 is 0 Å². The lowest BCUT2D eigenvalue weighted by Gasteiger charge is -2.21. The number of nitrogens with zero attached hydrogens (tertiary/aromatic N) is 1. The monoisotopic (exact) mass is 365 g/mol. The van der Waals surface area contributed by atoms with E-state index in [0.29, 0.717) is 5.56 Å². The van der Waals surface area contributed by atoms with Crippen LogP contribution in [-0.2, 0) is 16.7 Å². The van der Waals surface area contributed by atoms with Crippen LogP contribution >= 0.6 is 0 Å². The zero-order valence-electron chi connectivity index (χ0n) is 16.8. The summed E-state index contributed by atoms with van der Waals surface area (Å²) in [6.45, 7) is 8.49. The summed E-state index contributed by atoms with van der Waals surface area (Å²) in [5.41, 5.74) is 5.96. The van der Waals surface area contributed by atoms with Gasteiger partial charge in [0, 0.05) is 5.56 Å². The Labute approximate surface area is 161 Å². The van der Waals surface area contributed by atoms with E-state index in [1.807, 2.05) is 24.3 Å². The Morgan fingerprint density at radius 2 is 1.74 bits per heavy atom. The van der Waals surface area contributed by atoms with Gasteiger partial charge in [0.25, 0.3) is 0 Å². The minimum atomic E-state index is -0.430. The molecule has 0 heterocycles. The van der Waals surface area contributed by atoms with Gasteiger partial charge in [-0.25, -0.2) is 4.79 Å². The molecule has 2 aromatic carbocycles. The zero-order chi connectivity index (χ0) is 19.6. The van der Waals surface area contributed by atoms with Crippen molar-refractivity contribution in [1.29, 1.82) is 0 Å². The summed E-state index contributed by atoms with van der Waals surface area (Å²) < 4.78 is 5.41. The van der Waals surface area contributed by atoms with Crippen LogP contribution in [0.3, 0.4) is 0 Å². The van der Waals surface area contributed by atoms with E-state index in [2.05, 4.69) is 32.9 Å². The van der Waals surface area contributed by atoms with Gasteiger partial charge in [-0.15, -0.1) is 0 Å². The normalized spacial score (nSPS) is 15.4. The lowest BCUT2D eigenvalue weighted by Crippen LogP contribution is -2.15. The third kappa shape index (κ3) is 4.05.